The van der Waals surface area contributed by atoms with Crippen LogP contribution < -0.4 is 10.6 Å². The van der Waals surface area contributed by atoms with Gasteiger partial charge >= 0.3 is 6.09 Å². The third-order valence-corrected chi connectivity index (χ3v) is 2.38. The Morgan fingerprint density at radius 3 is 2.41 bits per heavy atom. The Morgan fingerprint density at radius 1 is 1.29 bits per heavy atom. The van der Waals surface area contributed by atoms with E-state index >= 15 is 0 Å². The SMILES string of the molecule is CCCCC(NC(=O)O)C(=O)CNCC(C)C. The lowest BCUT2D eigenvalue weighted by atomic mass is 10.1. The molecule has 0 aromatic heterocycles. The van der Waals surface area contributed by atoms with Crippen molar-refractivity contribution in [2.45, 2.75) is 46.1 Å². The lowest BCUT2D eigenvalue weighted by Gasteiger charge is -2.16. The molecule has 0 aliphatic heterocycles. The van der Waals surface area contributed by atoms with Crippen LogP contribution in [0, 0.1) is 5.92 Å². The van der Waals surface area contributed by atoms with E-state index < -0.39 is 12.1 Å². The second-order valence-electron chi connectivity index (χ2n) is 4.64. The number of ketones is 1. The van der Waals surface area contributed by atoms with Crippen molar-refractivity contribution in [3.05, 3.63) is 0 Å². The predicted octanol–water partition coefficient (Wildman–Crippen LogP) is 1.63. The Morgan fingerprint density at radius 2 is 1.94 bits per heavy atom. The molecule has 0 saturated heterocycles. The molecule has 0 aromatic carbocycles. The Labute approximate surface area is 103 Å². The average Bonchev–Trinajstić information content (AvgIpc) is 2.22. The minimum Gasteiger partial charge on any atom is -0.465 e. The van der Waals surface area contributed by atoms with Crippen LogP contribution in [0.25, 0.3) is 0 Å². The van der Waals surface area contributed by atoms with Gasteiger partial charge in [-0.05, 0) is 18.9 Å². The van der Waals surface area contributed by atoms with Gasteiger partial charge in [0.05, 0.1) is 12.6 Å². The lowest BCUT2D eigenvalue weighted by molar-refractivity contribution is -0.120. The highest BCUT2D eigenvalue weighted by atomic mass is 16.4. The monoisotopic (exact) mass is 244 g/mol. The van der Waals surface area contributed by atoms with Crippen molar-refractivity contribution in [2.24, 2.45) is 5.92 Å². The van der Waals surface area contributed by atoms with Crippen LogP contribution in [0.1, 0.15) is 40.0 Å². The second kappa shape index (κ2) is 8.98. The topological polar surface area (TPSA) is 78.4 Å². The molecule has 100 valence electrons. The van der Waals surface area contributed by atoms with Gasteiger partial charge in [0, 0.05) is 0 Å². The van der Waals surface area contributed by atoms with E-state index in [1.807, 2.05) is 6.92 Å². The largest absolute Gasteiger partial charge is 0.465 e. The second-order valence-corrected chi connectivity index (χ2v) is 4.64. The number of amides is 1. The van der Waals surface area contributed by atoms with Gasteiger partial charge < -0.3 is 15.7 Å². The van der Waals surface area contributed by atoms with Crippen molar-refractivity contribution in [3.8, 4) is 0 Å². The molecule has 1 unspecified atom stereocenters. The highest BCUT2D eigenvalue weighted by Crippen LogP contribution is 2.02. The lowest BCUT2D eigenvalue weighted by Crippen LogP contribution is -2.44. The fourth-order valence-electron chi connectivity index (χ4n) is 1.48. The van der Waals surface area contributed by atoms with Gasteiger partial charge in [0.25, 0.3) is 0 Å². The molecule has 17 heavy (non-hydrogen) atoms. The van der Waals surface area contributed by atoms with Gasteiger partial charge in [-0.1, -0.05) is 33.6 Å². The Hall–Kier alpha value is -1.10. The van der Waals surface area contributed by atoms with Gasteiger partial charge in [0.2, 0.25) is 0 Å². The maximum atomic E-state index is 11.8. The summed E-state index contributed by atoms with van der Waals surface area (Å²) < 4.78 is 0. The minimum atomic E-state index is -1.14. The highest BCUT2D eigenvalue weighted by Gasteiger charge is 2.19. The number of hydrogen-bond donors (Lipinski definition) is 3. The third kappa shape index (κ3) is 8.68. The normalized spacial score (nSPS) is 12.5. The van der Waals surface area contributed by atoms with Gasteiger partial charge in [0.15, 0.2) is 5.78 Å². The molecule has 5 heteroatoms. The molecule has 0 aromatic rings. The van der Waals surface area contributed by atoms with Gasteiger partial charge in [-0.3, -0.25) is 4.79 Å². The van der Waals surface area contributed by atoms with Gasteiger partial charge in [0.1, 0.15) is 0 Å². The summed E-state index contributed by atoms with van der Waals surface area (Å²) in [5.74, 6) is 0.394. The van der Waals surface area contributed by atoms with E-state index in [0.717, 1.165) is 19.4 Å². The van der Waals surface area contributed by atoms with Crippen LogP contribution in [0.15, 0.2) is 0 Å². The fraction of sp³-hybridized carbons (Fsp3) is 0.833. The number of unbranched alkanes of at least 4 members (excludes halogenated alkanes) is 1. The zero-order valence-electron chi connectivity index (χ0n) is 11.0. The number of carboxylic acid groups (broad SMARTS) is 1. The van der Waals surface area contributed by atoms with Gasteiger partial charge in [-0.25, -0.2) is 4.79 Å². The van der Waals surface area contributed by atoms with Crippen molar-refractivity contribution in [1.82, 2.24) is 10.6 Å². The predicted molar refractivity (Wildman–Crippen MR) is 67.2 cm³/mol. The van der Waals surface area contributed by atoms with Crippen LogP contribution in [-0.2, 0) is 4.79 Å². The zero-order valence-corrected chi connectivity index (χ0v) is 11.0. The smallest absolute Gasteiger partial charge is 0.405 e. The number of hydrogen-bond acceptors (Lipinski definition) is 3. The fourth-order valence-corrected chi connectivity index (χ4v) is 1.48. The summed E-state index contributed by atoms with van der Waals surface area (Å²) in [5, 5.41) is 14.0. The number of carbonyl (C=O) groups is 2. The first-order valence-corrected chi connectivity index (χ1v) is 6.20. The van der Waals surface area contributed by atoms with Crippen molar-refractivity contribution in [2.75, 3.05) is 13.1 Å². The summed E-state index contributed by atoms with van der Waals surface area (Å²) in [6.45, 7) is 7.12. The average molecular weight is 244 g/mol. The summed E-state index contributed by atoms with van der Waals surface area (Å²) in [5.41, 5.74) is 0. The molecule has 0 aliphatic rings. The molecule has 3 N–H and O–H groups in total. The molecule has 0 heterocycles. The van der Waals surface area contributed by atoms with Crippen molar-refractivity contribution < 1.29 is 14.7 Å². The Bertz CT molecular complexity index is 242. The minimum absolute atomic E-state index is 0.0819. The summed E-state index contributed by atoms with van der Waals surface area (Å²) in [6.07, 6.45) is 1.24. The molecular formula is C12H24N2O3. The van der Waals surface area contributed by atoms with Crippen LogP contribution >= 0.6 is 0 Å². The summed E-state index contributed by atoms with van der Waals surface area (Å²) in [4.78, 5) is 22.4. The molecule has 1 atom stereocenters. The first kappa shape index (κ1) is 15.9. The van der Waals surface area contributed by atoms with Crippen LogP contribution in [0.3, 0.4) is 0 Å². The standard InChI is InChI=1S/C12H24N2O3/c1-4-5-6-10(14-12(16)17)11(15)8-13-7-9(2)3/h9-10,13-14H,4-8H2,1-3H3,(H,16,17). The first-order chi connectivity index (χ1) is 7.97. The van der Waals surface area contributed by atoms with E-state index in [2.05, 4.69) is 24.5 Å². The first-order valence-electron chi connectivity index (χ1n) is 6.20. The molecule has 0 saturated carbocycles. The van der Waals surface area contributed by atoms with Gasteiger partial charge in [-0.15, -0.1) is 0 Å². The number of nitrogens with one attached hydrogen (secondary N) is 2. The Balaban J connectivity index is 4.07. The summed E-state index contributed by atoms with van der Waals surface area (Å²) in [6, 6.07) is -0.577. The van der Waals surface area contributed by atoms with Crippen molar-refractivity contribution >= 4 is 11.9 Å². The molecule has 0 rings (SSSR count). The van der Waals surface area contributed by atoms with Crippen molar-refractivity contribution in [1.29, 1.82) is 0 Å². The summed E-state index contributed by atoms with van der Waals surface area (Å²) >= 11 is 0. The number of carbonyl (C=O) groups excluding carboxylic acids is 1. The molecule has 0 aliphatic carbocycles. The molecule has 0 bridgehead atoms. The van der Waals surface area contributed by atoms with E-state index in [1.165, 1.54) is 0 Å². The number of Topliss-reactive ketones (excluding diaryl/α,β-unsaturated/α-hetero) is 1. The zero-order chi connectivity index (χ0) is 13.3. The maximum absolute atomic E-state index is 11.8. The van der Waals surface area contributed by atoms with E-state index in [0.29, 0.717) is 12.3 Å². The molecule has 1 amide bonds. The highest BCUT2D eigenvalue weighted by molar-refractivity contribution is 5.88. The van der Waals surface area contributed by atoms with E-state index in [9.17, 15) is 9.59 Å². The van der Waals surface area contributed by atoms with Crippen LogP contribution in [-0.4, -0.2) is 36.1 Å². The number of rotatable bonds is 9. The van der Waals surface area contributed by atoms with Crippen LogP contribution in [0.5, 0.6) is 0 Å². The van der Waals surface area contributed by atoms with E-state index in [1.54, 1.807) is 0 Å². The quantitative estimate of drug-likeness (QED) is 0.576. The van der Waals surface area contributed by atoms with Crippen LogP contribution in [0.4, 0.5) is 4.79 Å². The van der Waals surface area contributed by atoms with E-state index in [-0.39, 0.29) is 12.3 Å². The maximum Gasteiger partial charge on any atom is 0.405 e. The molecule has 5 nitrogen and oxygen atoms in total. The molecule has 0 radical (unpaired) electrons. The third-order valence-electron chi connectivity index (χ3n) is 2.38. The Kier molecular flexibility index (Phi) is 8.40. The van der Waals surface area contributed by atoms with E-state index in [4.69, 9.17) is 5.11 Å². The van der Waals surface area contributed by atoms with Crippen molar-refractivity contribution in [3.63, 3.8) is 0 Å². The molecule has 0 spiro atoms. The molecule has 0 fully saturated rings. The van der Waals surface area contributed by atoms with Gasteiger partial charge in [-0.2, -0.15) is 0 Å². The van der Waals surface area contributed by atoms with Crippen LogP contribution in [0.2, 0.25) is 0 Å². The molecular weight excluding hydrogens is 220 g/mol. The summed E-state index contributed by atoms with van der Waals surface area (Å²) in [7, 11) is 0.